The standard InChI is InChI=1S/C10H11Cl2N5/c1-7(5-17-3-2-13-6-17)15-9-8(11)4-14-10(12)16-9/h2-4,6-7H,5H2,1H3,(H,14,15,16). The van der Waals surface area contributed by atoms with Crippen molar-refractivity contribution in [2.24, 2.45) is 0 Å². The second-order valence-corrected chi connectivity index (χ2v) is 4.39. The molecule has 1 atom stereocenters. The number of hydrogen-bond acceptors (Lipinski definition) is 4. The van der Waals surface area contributed by atoms with Crippen molar-refractivity contribution in [1.29, 1.82) is 0 Å². The molecule has 17 heavy (non-hydrogen) atoms. The smallest absolute Gasteiger partial charge is 0.224 e. The summed E-state index contributed by atoms with van der Waals surface area (Å²) in [6.45, 7) is 2.78. The molecule has 0 radical (unpaired) electrons. The molecule has 0 saturated carbocycles. The third kappa shape index (κ3) is 3.31. The van der Waals surface area contributed by atoms with Crippen LogP contribution in [0.5, 0.6) is 0 Å². The van der Waals surface area contributed by atoms with Crippen molar-refractivity contribution in [3.8, 4) is 0 Å². The minimum absolute atomic E-state index is 0.146. The van der Waals surface area contributed by atoms with Crippen LogP contribution in [0, 0.1) is 0 Å². The highest BCUT2D eigenvalue weighted by Crippen LogP contribution is 2.20. The lowest BCUT2D eigenvalue weighted by molar-refractivity contribution is 0.617. The highest BCUT2D eigenvalue weighted by molar-refractivity contribution is 6.33. The maximum Gasteiger partial charge on any atom is 0.224 e. The van der Waals surface area contributed by atoms with Crippen molar-refractivity contribution in [3.63, 3.8) is 0 Å². The summed E-state index contributed by atoms with van der Waals surface area (Å²) < 4.78 is 1.97. The van der Waals surface area contributed by atoms with Gasteiger partial charge in [0.2, 0.25) is 5.28 Å². The zero-order valence-electron chi connectivity index (χ0n) is 9.14. The van der Waals surface area contributed by atoms with Crippen LogP contribution in [0.2, 0.25) is 10.3 Å². The monoisotopic (exact) mass is 271 g/mol. The van der Waals surface area contributed by atoms with Gasteiger partial charge in [-0.2, -0.15) is 4.98 Å². The van der Waals surface area contributed by atoms with Crippen molar-refractivity contribution in [1.82, 2.24) is 19.5 Å². The molecule has 1 unspecified atom stereocenters. The quantitative estimate of drug-likeness (QED) is 0.869. The first-order chi connectivity index (χ1) is 8.15. The maximum atomic E-state index is 5.96. The topological polar surface area (TPSA) is 55.6 Å². The average Bonchev–Trinajstić information content (AvgIpc) is 2.76. The molecule has 5 nitrogen and oxygen atoms in total. The number of imidazole rings is 1. The summed E-state index contributed by atoms with van der Waals surface area (Å²) in [5, 5.41) is 3.80. The van der Waals surface area contributed by atoms with Crippen LogP contribution in [-0.2, 0) is 6.54 Å². The van der Waals surface area contributed by atoms with E-state index in [-0.39, 0.29) is 11.3 Å². The number of halogens is 2. The lowest BCUT2D eigenvalue weighted by atomic mass is 10.3. The fourth-order valence-electron chi connectivity index (χ4n) is 1.44. The molecule has 2 aromatic rings. The largest absolute Gasteiger partial charge is 0.364 e. The van der Waals surface area contributed by atoms with Crippen LogP contribution in [-0.4, -0.2) is 25.6 Å². The summed E-state index contributed by atoms with van der Waals surface area (Å²) >= 11 is 11.7. The summed E-state index contributed by atoms with van der Waals surface area (Å²) in [6.07, 6.45) is 6.86. The van der Waals surface area contributed by atoms with E-state index in [0.29, 0.717) is 10.8 Å². The normalized spacial score (nSPS) is 12.4. The van der Waals surface area contributed by atoms with E-state index in [1.54, 1.807) is 12.5 Å². The van der Waals surface area contributed by atoms with Crippen LogP contribution < -0.4 is 5.32 Å². The van der Waals surface area contributed by atoms with E-state index in [1.807, 2.05) is 17.7 Å². The van der Waals surface area contributed by atoms with Crippen LogP contribution in [0.4, 0.5) is 5.82 Å². The summed E-state index contributed by atoms with van der Waals surface area (Å²) in [7, 11) is 0. The van der Waals surface area contributed by atoms with E-state index in [4.69, 9.17) is 23.2 Å². The van der Waals surface area contributed by atoms with Crippen LogP contribution >= 0.6 is 23.2 Å². The molecule has 0 bridgehead atoms. The minimum Gasteiger partial charge on any atom is -0.364 e. The van der Waals surface area contributed by atoms with Gasteiger partial charge in [-0.15, -0.1) is 0 Å². The van der Waals surface area contributed by atoms with E-state index in [2.05, 4.69) is 20.3 Å². The van der Waals surface area contributed by atoms with Gasteiger partial charge >= 0.3 is 0 Å². The fraction of sp³-hybridized carbons (Fsp3) is 0.300. The van der Waals surface area contributed by atoms with Gasteiger partial charge in [-0.05, 0) is 18.5 Å². The van der Waals surface area contributed by atoms with Gasteiger partial charge < -0.3 is 9.88 Å². The third-order valence-electron chi connectivity index (χ3n) is 2.14. The zero-order chi connectivity index (χ0) is 12.3. The van der Waals surface area contributed by atoms with Crippen molar-refractivity contribution in [3.05, 3.63) is 35.2 Å². The van der Waals surface area contributed by atoms with E-state index in [0.717, 1.165) is 6.54 Å². The second kappa shape index (κ2) is 5.33. The Hall–Kier alpha value is -1.33. The molecule has 0 aliphatic heterocycles. The Kier molecular flexibility index (Phi) is 3.81. The number of anilines is 1. The molecule has 0 spiro atoms. The molecular weight excluding hydrogens is 261 g/mol. The molecule has 0 saturated heterocycles. The molecule has 0 amide bonds. The van der Waals surface area contributed by atoms with Gasteiger partial charge in [0.05, 0.1) is 12.5 Å². The van der Waals surface area contributed by atoms with Gasteiger partial charge in [0.25, 0.3) is 0 Å². The van der Waals surface area contributed by atoms with Gasteiger partial charge in [0.15, 0.2) is 0 Å². The Morgan fingerprint density at radius 1 is 1.47 bits per heavy atom. The Morgan fingerprint density at radius 2 is 2.29 bits per heavy atom. The molecule has 2 rings (SSSR count). The maximum absolute atomic E-state index is 5.96. The summed E-state index contributed by atoms with van der Waals surface area (Å²) in [5.74, 6) is 0.541. The fourth-order valence-corrected chi connectivity index (χ4v) is 1.72. The highest BCUT2D eigenvalue weighted by Gasteiger charge is 2.08. The molecule has 7 heteroatoms. The van der Waals surface area contributed by atoms with Crippen molar-refractivity contribution < 1.29 is 0 Å². The third-order valence-corrected chi connectivity index (χ3v) is 2.60. The first-order valence-electron chi connectivity index (χ1n) is 5.05. The van der Waals surface area contributed by atoms with Crippen LogP contribution in [0.3, 0.4) is 0 Å². The molecule has 0 fully saturated rings. The highest BCUT2D eigenvalue weighted by atomic mass is 35.5. The predicted octanol–water partition coefficient (Wildman–Crippen LogP) is 2.48. The van der Waals surface area contributed by atoms with Crippen molar-refractivity contribution in [2.75, 3.05) is 5.32 Å². The number of aromatic nitrogens is 4. The Bertz CT molecular complexity index is 485. The molecular formula is C10H11Cl2N5. The van der Waals surface area contributed by atoms with Gasteiger partial charge in [-0.3, -0.25) is 0 Å². The van der Waals surface area contributed by atoms with Crippen molar-refractivity contribution >= 4 is 29.0 Å². The van der Waals surface area contributed by atoms with Gasteiger partial charge in [0.1, 0.15) is 10.8 Å². The number of rotatable bonds is 4. The summed E-state index contributed by atoms with van der Waals surface area (Å²) in [4.78, 5) is 11.8. The van der Waals surface area contributed by atoms with Gasteiger partial charge in [-0.1, -0.05) is 11.6 Å². The van der Waals surface area contributed by atoms with Crippen LogP contribution in [0.15, 0.2) is 24.9 Å². The van der Waals surface area contributed by atoms with Crippen LogP contribution in [0.25, 0.3) is 0 Å². The first-order valence-corrected chi connectivity index (χ1v) is 5.81. The molecule has 0 aliphatic rings. The molecule has 2 heterocycles. The van der Waals surface area contributed by atoms with E-state index < -0.39 is 0 Å². The molecule has 1 N–H and O–H groups in total. The Morgan fingerprint density at radius 3 is 3.00 bits per heavy atom. The molecule has 0 aromatic carbocycles. The molecule has 2 aromatic heterocycles. The predicted molar refractivity (Wildman–Crippen MR) is 67.4 cm³/mol. The lowest BCUT2D eigenvalue weighted by Gasteiger charge is -2.15. The van der Waals surface area contributed by atoms with Gasteiger partial charge in [0, 0.05) is 25.0 Å². The zero-order valence-corrected chi connectivity index (χ0v) is 10.7. The Balaban J connectivity index is 2.02. The van der Waals surface area contributed by atoms with Crippen LogP contribution in [0.1, 0.15) is 6.92 Å². The summed E-state index contributed by atoms with van der Waals surface area (Å²) in [6, 6.07) is 0.146. The number of nitrogens with one attached hydrogen (secondary N) is 1. The first kappa shape index (κ1) is 12.1. The van der Waals surface area contributed by atoms with Gasteiger partial charge in [-0.25, -0.2) is 9.97 Å². The molecule has 90 valence electrons. The van der Waals surface area contributed by atoms with Crippen molar-refractivity contribution in [2.45, 2.75) is 19.5 Å². The van der Waals surface area contributed by atoms with E-state index in [9.17, 15) is 0 Å². The number of hydrogen-bond donors (Lipinski definition) is 1. The number of nitrogens with zero attached hydrogens (tertiary/aromatic N) is 4. The second-order valence-electron chi connectivity index (χ2n) is 3.64. The Labute approximate surface area is 109 Å². The molecule has 0 aliphatic carbocycles. The lowest BCUT2D eigenvalue weighted by Crippen LogP contribution is -2.22. The minimum atomic E-state index is 0.146. The summed E-state index contributed by atoms with van der Waals surface area (Å²) in [5.41, 5.74) is 0. The average molecular weight is 272 g/mol. The SMILES string of the molecule is CC(Cn1ccnc1)Nc1nc(Cl)ncc1Cl. The van der Waals surface area contributed by atoms with E-state index in [1.165, 1.54) is 6.20 Å². The van der Waals surface area contributed by atoms with E-state index >= 15 is 0 Å².